The van der Waals surface area contributed by atoms with E-state index in [-0.39, 0.29) is 0 Å². The Kier molecular flexibility index (Phi) is 4.06. The second-order valence-electron chi connectivity index (χ2n) is 7.04. The Bertz CT molecular complexity index is 1170. The van der Waals surface area contributed by atoms with E-state index in [4.69, 9.17) is 4.74 Å². The Morgan fingerprint density at radius 2 is 1.39 bits per heavy atom. The molecule has 1 heterocycles. The SMILES string of the molecule is C(=CC1(c2ccccc2)C=Cc2c(ccc3ccccc23)O1)c1ccccc1. The van der Waals surface area contributed by atoms with Crippen LogP contribution < -0.4 is 4.74 Å². The van der Waals surface area contributed by atoms with E-state index in [1.165, 1.54) is 10.8 Å². The number of hydrogen-bond acceptors (Lipinski definition) is 1. The van der Waals surface area contributed by atoms with Crippen LogP contribution in [-0.2, 0) is 5.60 Å². The molecule has 0 aromatic heterocycles. The van der Waals surface area contributed by atoms with Gasteiger partial charge in [-0.3, -0.25) is 0 Å². The van der Waals surface area contributed by atoms with Crippen molar-refractivity contribution in [3.63, 3.8) is 0 Å². The van der Waals surface area contributed by atoms with Crippen molar-refractivity contribution in [2.24, 2.45) is 0 Å². The molecule has 1 unspecified atom stereocenters. The fourth-order valence-electron chi connectivity index (χ4n) is 3.78. The lowest BCUT2D eigenvalue weighted by atomic mass is 9.88. The summed E-state index contributed by atoms with van der Waals surface area (Å²) in [6, 6.07) is 33.3. The van der Waals surface area contributed by atoms with Crippen LogP contribution in [0, 0.1) is 0 Å². The molecule has 1 aliphatic rings. The smallest absolute Gasteiger partial charge is 0.171 e. The Morgan fingerprint density at radius 1 is 0.679 bits per heavy atom. The third kappa shape index (κ3) is 2.91. The van der Waals surface area contributed by atoms with E-state index >= 15 is 0 Å². The largest absolute Gasteiger partial charge is 0.474 e. The zero-order valence-corrected chi connectivity index (χ0v) is 15.5. The monoisotopic (exact) mass is 360 g/mol. The maximum absolute atomic E-state index is 6.66. The minimum atomic E-state index is -0.632. The van der Waals surface area contributed by atoms with Gasteiger partial charge in [0.15, 0.2) is 5.60 Å². The Hall–Kier alpha value is -3.58. The fraction of sp³-hybridized carbons (Fsp3) is 0.0370. The minimum Gasteiger partial charge on any atom is -0.474 e. The van der Waals surface area contributed by atoms with Gasteiger partial charge >= 0.3 is 0 Å². The maximum Gasteiger partial charge on any atom is 0.171 e. The van der Waals surface area contributed by atoms with Crippen LogP contribution in [-0.4, -0.2) is 0 Å². The normalized spacial score (nSPS) is 18.1. The average Bonchev–Trinajstić information content (AvgIpc) is 2.79. The summed E-state index contributed by atoms with van der Waals surface area (Å²) >= 11 is 0. The second kappa shape index (κ2) is 6.86. The fourth-order valence-corrected chi connectivity index (χ4v) is 3.78. The van der Waals surface area contributed by atoms with Crippen molar-refractivity contribution in [3.05, 3.63) is 126 Å². The topological polar surface area (TPSA) is 9.23 Å². The molecule has 0 aliphatic carbocycles. The predicted octanol–water partition coefficient (Wildman–Crippen LogP) is 6.85. The molecule has 1 nitrogen and oxygen atoms in total. The molecule has 0 amide bonds. The third-order valence-corrected chi connectivity index (χ3v) is 5.26. The summed E-state index contributed by atoms with van der Waals surface area (Å²) in [7, 11) is 0. The van der Waals surface area contributed by atoms with E-state index in [1.54, 1.807) is 0 Å². The van der Waals surface area contributed by atoms with Crippen molar-refractivity contribution in [2.45, 2.75) is 5.60 Å². The maximum atomic E-state index is 6.66. The summed E-state index contributed by atoms with van der Waals surface area (Å²) in [4.78, 5) is 0. The lowest BCUT2D eigenvalue weighted by molar-refractivity contribution is 0.171. The van der Waals surface area contributed by atoms with Crippen molar-refractivity contribution >= 4 is 22.9 Å². The van der Waals surface area contributed by atoms with Gasteiger partial charge in [-0.2, -0.15) is 0 Å². The number of ether oxygens (including phenoxy) is 1. The molecule has 0 bridgehead atoms. The molecule has 0 saturated heterocycles. The van der Waals surface area contributed by atoms with Crippen LogP contribution >= 0.6 is 0 Å². The van der Waals surface area contributed by atoms with Crippen LogP contribution in [0.15, 0.2) is 109 Å². The number of hydrogen-bond donors (Lipinski definition) is 0. The highest BCUT2D eigenvalue weighted by atomic mass is 16.5. The highest BCUT2D eigenvalue weighted by Gasteiger charge is 2.32. The van der Waals surface area contributed by atoms with Gasteiger partial charge < -0.3 is 4.74 Å². The second-order valence-corrected chi connectivity index (χ2v) is 7.04. The molecule has 0 fully saturated rings. The number of fused-ring (bicyclic) bond motifs is 3. The summed E-state index contributed by atoms with van der Waals surface area (Å²) in [5.41, 5.74) is 2.76. The Morgan fingerprint density at radius 3 is 2.21 bits per heavy atom. The Labute approximate surface area is 165 Å². The van der Waals surface area contributed by atoms with Crippen LogP contribution in [0.25, 0.3) is 22.9 Å². The van der Waals surface area contributed by atoms with Crippen molar-refractivity contribution in [2.75, 3.05) is 0 Å². The highest BCUT2D eigenvalue weighted by molar-refractivity contribution is 5.94. The van der Waals surface area contributed by atoms with E-state index in [2.05, 4.69) is 97.1 Å². The molecule has 1 heteroatoms. The number of rotatable bonds is 3. The van der Waals surface area contributed by atoms with Crippen LogP contribution in [0.5, 0.6) is 5.75 Å². The molecular weight excluding hydrogens is 340 g/mol. The van der Waals surface area contributed by atoms with Gasteiger partial charge in [-0.05, 0) is 40.6 Å². The number of benzene rings is 4. The van der Waals surface area contributed by atoms with Gasteiger partial charge in [0.05, 0.1) is 0 Å². The summed E-state index contributed by atoms with van der Waals surface area (Å²) in [5.74, 6) is 0.905. The van der Waals surface area contributed by atoms with Gasteiger partial charge in [-0.25, -0.2) is 0 Å². The van der Waals surface area contributed by atoms with E-state index in [0.717, 1.165) is 22.4 Å². The van der Waals surface area contributed by atoms with E-state index in [0.29, 0.717) is 0 Å². The van der Waals surface area contributed by atoms with Gasteiger partial charge in [-0.15, -0.1) is 0 Å². The zero-order chi connectivity index (χ0) is 18.8. The zero-order valence-electron chi connectivity index (χ0n) is 15.5. The standard InChI is InChI=1S/C27H20O/c1-3-9-21(10-4-1)17-19-27(23-12-5-2-6-13-23)20-18-25-24-14-8-7-11-22(24)15-16-26(25)28-27/h1-20H. The van der Waals surface area contributed by atoms with E-state index < -0.39 is 5.60 Å². The molecule has 1 aliphatic heterocycles. The van der Waals surface area contributed by atoms with Gasteiger partial charge in [0, 0.05) is 11.1 Å². The van der Waals surface area contributed by atoms with Crippen LogP contribution in [0.4, 0.5) is 0 Å². The lowest BCUT2D eigenvalue weighted by Gasteiger charge is -2.33. The summed E-state index contributed by atoms with van der Waals surface area (Å²) in [5, 5.41) is 2.44. The van der Waals surface area contributed by atoms with Crippen molar-refractivity contribution in [3.8, 4) is 5.75 Å². The third-order valence-electron chi connectivity index (χ3n) is 5.26. The van der Waals surface area contributed by atoms with Gasteiger partial charge in [-0.1, -0.05) is 97.1 Å². The van der Waals surface area contributed by atoms with E-state index in [1.807, 2.05) is 24.3 Å². The van der Waals surface area contributed by atoms with Crippen molar-refractivity contribution < 1.29 is 4.74 Å². The molecule has 0 radical (unpaired) electrons. The molecule has 1 atom stereocenters. The quantitative estimate of drug-likeness (QED) is 0.388. The van der Waals surface area contributed by atoms with Crippen molar-refractivity contribution in [1.29, 1.82) is 0 Å². The van der Waals surface area contributed by atoms with Gasteiger partial charge in [0.25, 0.3) is 0 Å². The molecule has 5 rings (SSSR count). The minimum absolute atomic E-state index is 0.632. The molecule has 28 heavy (non-hydrogen) atoms. The molecule has 0 spiro atoms. The molecule has 0 N–H and O–H groups in total. The van der Waals surface area contributed by atoms with Gasteiger partial charge in [0.2, 0.25) is 0 Å². The summed E-state index contributed by atoms with van der Waals surface area (Å²) in [6.07, 6.45) is 8.63. The Balaban J connectivity index is 1.64. The molecule has 134 valence electrons. The predicted molar refractivity (Wildman–Crippen MR) is 117 cm³/mol. The first kappa shape index (κ1) is 16.6. The summed E-state index contributed by atoms with van der Waals surface area (Å²) in [6.45, 7) is 0. The molecule has 0 saturated carbocycles. The molecule has 4 aromatic carbocycles. The first-order chi connectivity index (χ1) is 13.8. The average molecular weight is 360 g/mol. The first-order valence-corrected chi connectivity index (χ1v) is 9.54. The van der Waals surface area contributed by atoms with Crippen LogP contribution in [0.1, 0.15) is 16.7 Å². The van der Waals surface area contributed by atoms with Gasteiger partial charge in [0.1, 0.15) is 5.75 Å². The van der Waals surface area contributed by atoms with E-state index in [9.17, 15) is 0 Å². The van der Waals surface area contributed by atoms with Crippen LogP contribution in [0.3, 0.4) is 0 Å². The molecular formula is C27H20O. The lowest BCUT2D eigenvalue weighted by Crippen LogP contribution is -2.30. The van der Waals surface area contributed by atoms with Crippen LogP contribution in [0.2, 0.25) is 0 Å². The highest BCUT2D eigenvalue weighted by Crippen LogP contribution is 2.41. The summed E-state index contributed by atoms with van der Waals surface area (Å²) < 4.78 is 6.66. The first-order valence-electron chi connectivity index (χ1n) is 9.54. The van der Waals surface area contributed by atoms with Crippen molar-refractivity contribution in [1.82, 2.24) is 0 Å². The molecule has 4 aromatic rings.